The maximum atomic E-state index is 13.2. The molecule has 2 aromatic carbocycles. The van der Waals surface area contributed by atoms with Crippen LogP contribution in [0, 0.1) is 5.41 Å². The van der Waals surface area contributed by atoms with Gasteiger partial charge in [-0.05, 0) is 49.2 Å². The summed E-state index contributed by atoms with van der Waals surface area (Å²) in [6.45, 7) is 1.84. The van der Waals surface area contributed by atoms with Crippen molar-refractivity contribution in [2.75, 3.05) is 34.7 Å². The molecule has 4 rings (SSSR count). The zero-order valence-corrected chi connectivity index (χ0v) is 20.6. The van der Waals surface area contributed by atoms with Crippen molar-refractivity contribution in [1.82, 2.24) is 0 Å². The summed E-state index contributed by atoms with van der Waals surface area (Å²) in [5.74, 6) is 0.491. The number of hydrogen-bond donors (Lipinski definition) is 0. The SMILES string of the molecule is CCOC(=O)C1(Cc2cc(OC)c(OC)c(OC)c2)CC(CC(=O)c2ccc3c(c2)OCO3)OC1=O. The molecule has 0 aliphatic carbocycles. The molecule has 0 spiro atoms. The molecule has 0 radical (unpaired) electrons. The van der Waals surface area contributed by atoms with Crippen LogP contribution in [-0.4, -0.2) is 58.6 Å². The topological polar surface area (TPSA) is 116 Å². The summed E-state index contributed by atoms with van der Waals surface area (Å²) >= 11 is 0. The van der Waals surface area contributed by atoms with Crippen molar-refractivity contribution >= 4 is 17.7 Å². The van der Waals surface area contributed by atoms with E-state index < -0.39 is 23.5 Å². The van der Waals surface area contributed by atoms with Gasteiger partial charge in [0.05, 0.1) is 27.9 Å². The lowest BCUT2D eigenvalue weighted by Gasteiger charge is -2.23. The number of carbonyl (C=O) groups excluding carboxylic acids is 3. The molecule has 0 amide bonds. The van der Waals surface area contributed by atoms with E-state index in [1.165, 1.54) is 21.3 Å². The van der Waals surface area contributed by atoms with Crippen LogP contribution in [-0.2, 0) is 25.5 Å². The Hall–Kier alpha value is -3.95. The van der Waals surface area contributed by atoms with Gasteiger partial charge in [-0.25, -0.2) is 0 Å². The minimum absolute atomic E-state index is 0.0163. The fourth-order valence-electron chi connectivity index (χ4n) is 4.52. The molecule has 10 heteroatoms. The van der Waals surface area contributed by atoms with Crippen LogP contribution < -0.4 is 23.7 Å². The van der Waals surface area contributed by atoms with Crippen molar-refractivity contribution in [3.05, 3.63) is 41.5 Å². The van der Waals surface area contributed by atoms with Crippen molar-refractivity contribution in [3.8, 4) is 28.7 Å². The van der Waals surface area contributed by atoms with Crippen LogP contribution in [0.5, 0.6) is 28.7 Å². The van der Waals surface area contributed by atoms with E-state index in [0.29, 0.717) is 39.9 Å². The van der Waals surface area contributed by atoms with E-state index in [-0.39, 0.29) is 38.4 Å². The van der Waals surface area contributed by atoms with Crippen LogP contribution in [0.4, 0.5) is 0 Å². The number of hydrogen-bond acceptors (Lipinski definition) is 10. The van der Waals surface area contributed by atoms with Crippen LogP contribution in [0.2, 0.25) is 0 Å². The van der Waals surface area contributed by atoms with E-state index in [0.717, 1.165) is 0 Å². The third-order valence-electron chi connectivity index (χ3n) is 6.24. The van der Waals surface area contributed by atoms with Gasteiger partial charge in [-0.3, -0.25) is 14.4 Å². The van der Waals surface area contributed by atoms with Crippen LogP contribution in [0.1, 0.15) is 35.7 Å². The Morgan fingerprint density at radius 3 is 2.33 bits per heavy atom. The predicted octanol–water partition coefficient (Wildman–Crippen LogP) is 3.12. The summed E-state index contributed by atoms with van der Waals surface area (Å²) in [6.07, 6.45) is -0.947. The predicted molar refractivity (Wildman–Crippen MR) is 125 cm³/mol. The van der Waals surface area contributed by atoms with Crippen molar-refractivity contribution < 1.29 is 47.5 Å². The lowest BCUT2D eigenvalue weighted by atomic mass is 9.78. The largest absolute Gasteiger partial charge is 0.493 e. The van der Waals surface area contributed by atoms with Crippen LogP contribution >= 0.6 is 0 Å². The number of rotatable bonds is 10. The first kappa shape index (κ1) is 25.2. The average Bonchev–Trinajstić information content (AvgIpc) is 3.47. The second-order valence-corrected chi connectivity index (χ2v) is 8.44. The van der Waals surface area contributed by atoms with Gasteiger partial charge in [0.15, 0.2) is 34.2 Å². The number of Topliss-reactive ketones (excluding diaryl/α,β-unsaturated/α-hetero) is 1. The molecule has 192 valence electrons. The molecule has 2 aliphatic heterocycles. The quantitative estimate of drug-likeness (QED) is 0.274. The van der Waals surface area contributed by atoms with Gasteiger partial charge >= 0.3 is 11.9 Å². The fourth-order valence-corrected chi connectivity index (χ4v) is 4.52. The Morgan fingerprint density at radius 1 is 1.00 bits per heavy atom. The van der Waals surface area contributed by atoms with E-state index in [2.05, 4.69) is 0 Å². The average molecular weight is 501 g/mol. The number of carbonyl (C=O) groups is 3. The second-order valence-electron chi connectivity index (χ2n) is 8.44. The first-order valence-electron chi connectivity index (χ1n) is 11.4. The number of methoxy groups -OCH3 is 3. The Balaban J connectivity index is 1.59. The fraction of sp³-hybridized carbons (Fsp3) is 0.423. The zero-order valence-electron chi connectivity index (χ0n) is 20.6. The summed E-state index contributed by atoms with van der Waals surface area (Å²) in [5.41, 5.74) is -0.647. The van der Waals surface area contributed by atoms with Gasteiger partial charge in [0.25, 0.3) is 0 Å². The van der Waals surface area contributed by atoms with Crippen LogP contribution in [0.25, 0.3) is 0 Å². The summed E-state index contributed by atoms with van der Waals surface area (Å²) < 4.78 is 37.6. The summed E-state index contributed by atoms with van der Waals surface area (Å²) in [7, 11) is 4.43. The van der Waals surface area contributed by atoms with Gasteiger partial charge in [0, 0.05) is 18.4 Å². The molecule has 10 nitrogen and oxygen atoms in total. The number of ether oxygens (including phenoxy) is 7. The highest BCUT2D eigenvalue weighted by Crippen LogP contribution is 2.44. The zero-order chi connectivity index (χ0) is 25.9. The lowest BCUT2D eigenvalue weighted by Crippen LogP contribution is -2.39. The molecule has 0 aromatic heterocycles. The number of cyclic esters (lactones) is 1. The van der Waals surface area contributed by atoms with E-state index in [1.54, 1.807) is 37.3 Å². The van der Waals surface area contributed by atoms with Crippen molar-refractivity contribution in [2.24, 2.45) is 5.41 Å². The van der Waals surface area contributed by atoms with Gasteiger partial charge in [0.2, 0.25) is 12.5 Å². The van der Waals surface area contributed by atoms with Gasteiger partial charge in [-0.1, -0.05) is 0 Å². The maximum Gasteiger partial charge on any atom is 0.324 e. The molecular formula is C26H28O10. The molecule has 2 heterocycles. The van der Waals surface area contributed by atoms with Crippen molar-refractivity contribution in [2.45, 2.75) is 32.3 Å². The molecular weight excluding hydrogens is 472 g/mol. The third kappa shape index (κ3) is 4.62. The van der Waals surface area contributed by atoms with Crippen LogP contribution in [0.15, 0.2) is 30.3 Å². The Morgan fingerprint density at radius 2 is 1.69 bits per heavy atom. The van der Waals surface area contributed by atoms with E-state index in [4.69, 9.17) is 33.2 Å². The molecule has 2 unspecified atom stereocenters. The highest BCUT2D eigenvalue weighted by molar-refractivity contribution is 6.03. The molecule has 1 fully saturated rings. The van der Waals surface area contributed by atoms with E-state index in [9.17, 15) is 14.4 Å². The minimum Gasteiger partial charge on any atom is -0.493 e. The highest BCUT2D eigenvalue weighted by atomic mass is 16.7. The van der Waals surface area contributed by atoms with Gasteiger partial charge in [-0.2, -0.15) is 0 Å². The molecule has 1 saturated heterocycles. The highest BCUT2D eigenvalue weighted by Gasteiger charge is 2.56. The number of benzene rings is 2. The normalized spacial score (nSPS) is 20.0. The Bertz CT molecular complexity index is 1150. The van der Waals surface area contributed by atoms with Gasteiger partial charge in [-0.15, -0.1) is 0 Å². The molecule has 2 aromatic rings. The molecule has 36 heavy (non-hydrogen) atoms. The third-order valence-corrected chi connectivity index (χ3v) is 6.24. The summed E-state index contributed by atoms with van der Waals surface area (Å²) in [4.78, 5) is 39.2. The molecule has 0 N–H and O–H groups in total. The number of ketones is 1. The Labute approximate surface area is 208 Å². The smallest absolute Gasteiger partial charge is 0.324 e. The summed E-state index contributed by atoms with van der Waals surface area (Å²) in [5, 5.41) is 0. The monoisotopic (exact) mass is 500 g/mol. The molecule has 2 atom stereocenters. The number of esters is 2. The maximum absolute atomic E-state index is 13.2. The first-order valence-corrected chi connectivity index (χ1v) is 11.4. The molecule has 0 saturated carbocycles. The second kappa shape index (κ2) is 10.3. The Kier molecular flexibility index (Phi) is 7.23. The molecule has 0 bridgehead atoms. The molecule has 2 aliphatic rings. The van der Waals surface area contributed by atoms with Gasteiger partial charge < -0.3 is 33.2 Å². The number of fused-ring (bicyclic) bond motifs is 1. The van der Waals surface area contributed by atoms with Gasteiger partial charge in [0.1, 0.15) is 6.10 Å². The van der Waals surface area contributed by atoms with Crippen LogP contribution in [0.3, 0.4) is 0 Å². The van der Waals surface area contributed by atoms with E-state index >= 15 is 0 Å². The van der Waals surface area contributed by atoms with Crippen molar-refractivity contribution in [1.29, 1.82) is 0 Å². The minimum atomic E-state index is -1.62. The van der Waals surface area contributed by atoms with Crippen molar-refractivity contribution in [3.63, 3.8) is 0 Å². The lowest BCUT2D eigenvalue weighted by molar-refractivity contribution is -0.164. The first-order chi connectivity index (χ1) is 17.3. The summed E-state index contributed by atoms with van der Waals surface area (Å²) in [6, 6.07) is 8.21. The standard InChI is InChI=1S/C26H28O10/c1-5-33-24(28)26(12-15-8-21(30-2)23(32-4)22(9-15)31-3)13-17(36-25(26)29)11-18(27)16-6-7-19-20(10-16)35-14-34-19/h6-10,17H,5,11-14H2,1-4H3. The van der Waals surface area contributed by atoms with E-state index in [1.807, 2.05) is 0 Å².